The van der Waals surface area contributed by atoms with Gasteiger partial charge in [-0.25, -0.2) is 14.5 Å². The summed E-state index contributed by atoms with van der Waals surface area (Å²) < 4.78 is 11.6. The van der Waals surface area contributed by atoms with Crippen LogP contribution in [0.15, 0.2) is 45.6 Å². The third kappa shape index (κ3) is 2.66. The fourth-order valence-corrected chi connectivity index (χ4v) is 1.79. The molecule has 0 radical (unpaired) electrons. The molecular formula is C14H11N3O4. The van der Waals surface area contributed by atoms with Gasteiger partial charge in [-0.1, -0.05) is 12.1 Å². The van der Waals surface area contributed by atoms with Gasteiger partial charge in [-0.15, -0.1) is 0 Å². The van der Waals surface area contributed by atoms with Crippen LogP contribution < -0.4 is 5.56 Å². The highest BCUT2D eigenvalue weighted by Crippen LogP contribution is 2.15. The first-order valence-corrected chi connectivity index (χ1v) is 6.19. The number of hydrogen-bond donors (Lipinski definition) is 0. The molecule has 7 nitrogen and oxygen atoms in total. The molecule has 3 aromatic rings. The topological polar surface area (TPSA) is 87.2 Å². The fraction of sp³-hybridized carbons (Fsp3) is 0.143. The van der Waals surface area contributed by atoms with E-state index in [1.54, 1.807) is 12.1 Å². The van der Waals surface area contributed by atoms with E-state index in [1.165, 1.54) is 19.2 Å². The van der Waals surface area contributed by atoms with Crippen molar-refractivity contribution in [2.45, 2.75) is 6.61 Å². The molecule has 0 atom stereocenters. The van der Waals surface area contributed by atoms with Gasteiger partial charge in [0.25, 0.3) is 5.56 Å². The lowest BCUT2D eigenvalue weighted by atomic mass is 10.3. The third-order valence-corrected chi connectivity index (χ3v) is 2.83. The van der Waals surface area contributed by atoms with E-state index in [-0.39, 0.29) is 17.9 Å². The smallest absolute Gasteiger partial charge is 0.359 e. The predicted molar refractivity (Wildman–Crippen MR) is 72.6 cm³/mol. The molecule has 2 aromatic heterocycles. The van der Waals surface area contributed by atoms with Gasteiger partial charge in [0.15, 0.2) is 17.9 Å². The lowest BCUT2D eigenvalue weighted by Gasteiger charge is -2.02. The number of para-hydroxylation sites is 2. The molecule has 0 unspecified atom stereocenters. The molecule has 106 valence electrons. The number of aryl methyl sites for hydroxylation is 1. The van der Waals surface area contributed by atoms with E-state index in [4.69, 9.17) is 9.15 Å². The van der Waals surface area contributed by atoms with Crippen molar-refractivity contribution in [2.75, 3.05) is 0 Å². The second-order valence-electron chi connectivity index (χ2n) is 4.33. The summed E-state index contributed by atoms with van der Waals surface area (Å²) in [5.41, 5.74) is 1.08. The molecule has 0 aliphatic carbocycles. The zero-order valence-electron chi connectivity index (χ0n) is 11.1. The first-order valence-electron chi connectivity index (χ1n) is 6.19. The highest BCUT2D eigenvalue weighted by Gasteiger charge is 2.12. The van der Waals surface area contributed by atoms with Crippen molar-refractivity contribution in [3.8, 4) is 0 Å². The van der Waals surface area contributed by atoms with Crippen molar-refractivity contribution in [1.82, 2.24) is 14.8 Å². The minimum absolute atomic E-state index is 0.0493. The molecule has 0 spiro atoms. The van der Waals surface area contributed by atoms with Gasteiger partial charge < -0.3 is 9.15 Å². The Morgan fingerprint density at radius 1 is 1.29 bits per heavy atom. The fourth-order valence-electron chi connectivity index (χ4n) is 1.79. The van der Waals surface area contributed by atoms with Crippen LogP contribution in [-0.4, -0.2) is 20.7 Å². The minimum Gasteiger partial charge on any atom is -0.451 e. The largest absolute Gasteiger partial charge is 0.451 e. The predicted octanol–water partition coefficient (Wildman–Crippen LogP) is 1.28. The van der Waals surface area contributed by atoms with Crippen molar-refractivity contribution in [1.29, 1.82) is 0 Å². The van der Waals surface area contributed by atoms with Crippen molar-refractivity contribution in [2.24, 2.45) is 7.05 Å². The molecule has 7 heteroatoms. The van der Waals surface area contributed by atoms with Crippen molar-refractivity contribution < 1.29 is 13.9 Å². The highest BCUT2D eigenvalue weighted by molar-refractivity contribution is 5.86. The van der Waals surface area contributed by atoms with Crippen molar-refractivity contribution in [3.63, 3.8) is 0 Å². The monoisotopic (exact) mass is 285 g/mol. The van der Waals surface area contributed by atoms with Crippen LogP contribution in [0.4, 0.5) is 0 Å². The van der Waals surface area contributed by atoms with E-state index in [2.05, 4.69) is 10.1 Å². The first kappa shape index (κ1) is 13.0. The van der Waals surface area contributed by atoms with E-state index in [0.29, 0.717) is 17.0 Å². The summed E-state index contributed by atoms with van der Waals surface area (Å²) in [7, 11) is 1.46. The Balaban J connectivity index is 1.73. The number of ether oxygens (including phenoxy) is 1. The zero-order valence-corrected chi connectivity index (χ0v) is 11.1. The number of aromatic nitrogens is 3. The Kier molecular flexibility index (Phi) is 3.23. The molecule has 21 heavy (non-hydrogen) atoms. The number of rotatable bonds is 3. The second-order valence-corrected chi connectivity index (χ2v) is 4.33. The molecule has 0 N–H and O–H groups in total. The first-order chi connectivity index (χ1) is 10.1. The zero-order chi connectivity index (χ0) is 14.8. The van der Waals surface area contributed by atoms with Crippen LogP contribution >= 0.6 is 0 Å². The Morgan fingerprint density at radius 3 is 2.86 bits per heavy atom. The maximum atomic E-state index is 11.8. The molecular weight excluding hydrogens is 274 g/mol. The quantitative estimate of drug-likeness (QED) is 0.674. The summed E-state index contributed by atoms with van der Waals surface area (Å²) >= 11 is 0. The summed E-state index contributed by atoms with van der Waals surface area (Å²) in [6.45, 7) is -0.0992. The Bertz CT molecular complexity index is 833. The number of nitrogens with zero attached hydrogens (tertiary/aromatic N) is 3. The number of carbonyl (C=O) groups excluding carboxylic acids is 1. The van der Waals surface area contributed by atoms with Gasteiger partial charge in [0.2, 0.25) is 5.89 Å². The summed E-state index contributed by atoms with van der Waals surface area (Å²) in [5, 5.41) is 3.81. The molecule has 0 bridgehead atoms. The average molecular weight is 285 g/mol. The average Bonchev–Trinajstić information content (AvgIpc) is 2.90. The van der Waals surface area contributed by atoms with Gasteiger partial charge in [0.05, 0.1) is 0 Å². The Labute approximate surface area is 118 Å². The Hall–Kier alpha value is -2.96. The summed E-state index contributed by atoms with van der Waals surface area (Å²) in [6, 6.07) is 9.83. The molecule has 0 amide bonds. The van der Waals surface area contributed by atoms with Gasteiger partial charge in [-0.05, 0) is 18.2 Å². The summed E-state index contributed by atoms with van der Waals surface area (Å²) in [5.74, 6) is -0.345. The maximum absolute atomic E-state index is 11.8. The van der Waals surface area contributed by atoms with E-state index >= 15 is 0 Å². The van der Waals surface area contributed by atoms with E-state index in [9.17, 15) is 9.59 Å². The number of esters is 1. The van der Waals surface area contributed by atoms with E-state index < -0.39 is 5.97 Å². The number of oxazole rings is 1. The van der Waals surface area contributed by atoms with Gasteiger partial charge in [0, 0.05) is 13.1 Å². The van der Waals surface area contributed by atoms with Crippen LogP contribution in [0.2, 0.25) is 0 Å². The molecule has 0 fully saturated rings. The number of hydrogen-bond acceptors (Lipinski definition) is 6. The van der Waals surface area contributed by atoms with E-state index in [1.807, 2.05) is 12.1 Å². The van der Waals surface area contributed by atoms with Crippen LogP contribution in [0.1, 0.15) is 16.4 Å². The van der Waals surface area contributed by atoms with Crippen LogP contribution in [-0.2, 0) is 18.4 Å². The molecule has 0 aliphatic heterocycles. The van der Waals surface area contributed by atoms with Crippen LogP contribution in [0.25, 0.3) is 11.1 Å². The van der Waals surface area contributed by atoms with Crippen LogP contribution in [0.5, 0.6) is 0 Å². The van der Waals surface area contributed by atoms with Gasteiger partial charge >= 0.3 is 5.97 Å². The number of carbonyl (C=O) groups is 1. The maximum Gasteiger partial charge on any atom is 0.359 e. The normalized spacial score (nSPS) is 10.7. The van der Waals surface area contributed by atoms with Crippen LogP contribution in [0.3, 0.4) is 0 Å². The molecule has 0 saturated carbocycles. The molecule has 2 heterocycles. The standard InChI is InChI=1S/C14H11N3O4/c1-17-13(18)7-6-10(16-17)14(19)20-8-12-15-9-4-2-3-5-11(9)21-12/h2-7H,8H2,1H3. The van der Waals surface area contributed by atoms with Gasteiger partial charge in [-0.3, -0.25) is 4.79 Å². The van der Waals surface area contributed by atoms with Gasteiger partial charge in [0.1, 0.15) is 5.52 Å². The third-order valence-electron chi connectivity index (χ3n) is 2.83. The summed E-state index contributed by atoms with van der Waals surface area (Å²) in [4.78, 5) is 27.2. The van der Waals surface area contributed by atoms with Crippen LogP contribution in [0, 0.1) is 0 Å². The lowest BCUT2D eigenvalue weighted by molar-refractivity contribution is 0.0430. The number of fused-ring (bicyclic) bond motifs is 1. The van der Waals surface area contributed by atoms with Gasteiger partial charge in [-0.2, -0.15) is 5.10 Å². The second kappa shape index (κ2) is 5.20. The molecule has 3 rings (SSSR count). The SMILES string of the molecule is Cn1nc(C(=O)OCc2nc3ccccc3o2)ccc1=O. The number of benzene rings is 1. The van der Waals surface area contributed by atoms with Crippen molar-refractivity contribution >= 4 is 17.1 Å². The molecule has 0 aliphatic rings. The van der Waals surface area contributed by atoms with E-state index in [0.717, 1.165) is 4.68 Å². The molecule has 0 saturated heterocycles. The molecule has 1 aromatic carbocycles. The Morgan fingerprint density at radius 2 is 2.10 bits per heavy atom. The summed E-state index contributed by atoms with van der Waals surface area (Å²) in [6.07, 6.45) is 0. The highest BCUT2D eigenvalue weighted by atomic mass is 16.5. The van der Waals surface area contributed by atoms with Crippen molar-refractivity contribution in [3.05, 3.63) is 58.3 Å². The minimum atomic E-state index is -0.646. The lowest BCUT2D eigenvalue weighted by Crippen LogP contribution is -2.21.